The zero-order chi connectivity index (χ0) is 16.7. The van der Waals surface area contributed by atoms with Crippen LogP contribution in [0.2, 0.25) is 26.2 Å². The number of halogens is 2. The van der Waals surface area contributed by atoms with Crippen molar-refractivity contribution in [2.75, 3.05) is 0 Å². The Balaban J connectivity index is -0.0000000696. The van der Waals surface area contributed by atoms with Crippen LogP contribution in [0.15, 0.2) is 16.7 Å². The van der Waals surface area contributed by atoms with Gasteiger partial charge in [0.05, 0.1) is 0 Å². The summed E-state index contributed by atoms with van der Waals surface area (Å²) in [6.45, 7) is 23.8. The molecule has 0 saturated heterocycles. The number of rotatable bonds is 1. The van der Waals surface area contributed by atoms with Crippen molar-refractivity contribution >= 4 is 16.6 Å². The van der Waals surface area contributed by atoms with Crippen LogP contribution in [0.4, 0.5) is 0 Å². The van der Waals surface area contributed by atoms with Crippen LogP contribution in [0.5, 0.6) is 0 Å². The van der Waals surface area contributed by atoms with Crippen LogP contribution in [0.3, 0.4) is 0 Å². The molecule has 1 aliphatic carbocycles. The first-order valence-corrected chi connectivity index (χ1v) is 13.4. The minimum atomic E-state index is -0.250. The Morgan fingerprint density at radius 3 is 1.22 bits per heavy atom. The van der Waals surface area contributed by atoms with Crippen LogP contribution in [-0.2, 0) is 26.2 Å². The first kappa shape index (κ1) is 35.4. The quantitative estimate of drug-likeness (QED) is 0.384. The molecule has 0 bridgehead atoms. The third kappa shape index (κ3) is 23.3. The minimum Gasteiger partial charge on any atom is -1.00 e. The molecule has 0 aliphatic heterocycles. The molecule has 0 aromatic heterocycles. The summed E-state index contributed by atoms with van der Waals surface area (Å²) in [4.78, 5) is 0. The van der Waals surface area contributed by atoms with Gasteiger partial charge in [0.2, 0.25) is 0 Å². The fraction of sp³-hybridized carbons (Fsp3) is 0.765. The van der Waals surface area contributed by atoms with Gasteiger partial charge < -0.3 is 30.5 Å². The van der Waals surface area contributed by atoms with E-state index in [1.165, 1.54) is 16.7 Å². The van der Waals surface area contributed by atoms with E-state index in [1.54, 1.807) is 0 Å². The molecule has 0 aromatic rings. The van der Waals surface area contributed by atoms with E-state index >= 15 is 0 Å². The van der Waals surface area contributed by atoms with E-state index in [0.29, 0.717) is 5.92 Å². The first-order valence-electron chi connectivity index (χ1n) is 7.40. The van der Waals surface area contributed by atoms with Crippen LogP contribution < -0.4 is 24.8 Å². The van der Waals surface area contributed by atoms with E-state index in [0.717, 1.165) is 0 Å². The maximum Gasteiger partial charge on any atom is 4.00 e. The molecule has 0 fully saturated rings. The maximum atomic E-state index is 6.94. The van der Waals surface area contributed by atoms with Gasteiger partial charge in [-0.05, 0) is 0 Å². The molecule has 134 valence electrons. The first-order chi connectivity index (χ1) is 8.77. The molecular weight excluding hydrogens is 436 g/mol. The van der Waals surface area contributed by atoms with E-state index in [1.807, 2.05) is 20.8 Å². The van der Waals surface area contributed by atoms with Gasteiger partial charge in [-0.1, -0.05) is 73.6 Å². The minimum absolute atomic E-state index is 0. The fourth-order valence-electron chi connectivity index (χ4n) is 1.16. The molecule has 1 atom stereocenters. The standard InChI is InChI=1S/C9H13.C4H10N.C4H12Si2.2ClH.Zr/c1-6-5-7(2)9(4)8(6)3;1-4(2,3)5;1-5(2)6(3)4;;;/h6H,1-4H3;5H,1-3H3;1-4H3;2*1H;/q2*-1;;;;+4/p-2. The van der Waals surface area contributed by atoms with E-state index < -0.39 is 0 Å². The number of hydrogen-bond acceptors (Lipinski definition) is 0. The van der Waals surface area contributed by atoms with Crippen molar-refractivity contribution in [3.05, 3.63) is 28.5 Å². The second kappa shape index (κ2) is 16.8. The summed E-state index contributed by atoms with van der Waals surface area (Å²) in [5.41, 5.74) is 10.9. The van der Waals surface area contributed by atoms with Gasteiger partial charge in [-0.3, -0.25) is 6.08 Å². The molecular formula is C17H35Cl2NSi2Zr. The van der Waals surface area contributed by atoms with Gasteiger partial charge in [-0.15, -0.1) is 12.5 Å². The van der Waals surface area contributed by atoms with Crippen LogP contribution in [0.25, 0.3) is 5.73 Å². The summed E-state index contributed by atoms with van der Waals surface area (Å²) in [6.07, 6.45) is 3.36. The Labute approximate surface area is 181 Å². The molecule has 1 unspecified atom stereocenters. The molecule has 0 heterocycles. The van der Waals surface area contributed by atoms with Crippen LogP contribution in [0.1, 0.15) is 48.5 Å². The summed E-state index contributed by atoms with van der Waals surface area (Å²) < 4.78 is 0. The van der Waals surface area contributed by atoms with Gasteiger partial charge >= 0.3 is 26.2 Å². The summed E-state index contributed by atoms with van der Waals surface area (Å²) in [5, 5.41) is 0. The van der Waals surface area contributed by atoms with Crippen molar-refractivity contribution in [3.63, 3.8) is 0 Å². The SMILES string of the molecule is CC(C)(C)[NH-].CC1=[C-]C(C)C(C)=C1C.C[Si](C)[Si](C)C.[Cl-].[Cl-].[Zr+4]. The summed E-state index contributed by atoms with van der Waals surface area (Å²) in [6, 6.07) is 0. The van der Waals surface area contributed by atoms with Crippen LogP contribution >= 0.6 is 0 Å². The van der Waals surface area contributed by atoms with Crippen molar-refractivity contribution < 1.29 is 51.0 Å². The third-order valence-corrected chi connectivity index (χ3v) is 11.2. The van der Waals surface area contributed by atoms with Gasteiger partial charge in [0.25, 0.3) is 0 Å². The molecule has 0 saturated carbocycles. The van der Waals surface area contributed by atoms with Gasteiger partial charge in [0, 0.05) is 16.6 Å². The molecule has 1 aliphatic rings. The zero-order valence-corrected chi connectivity index (χ0v) is 22.8. The van der Waals surface area contributed by atoms with E-state index in [9.17, 15) is 0 Å². The Bertz CT molecular complexity index is 337. The van der Waals surface area contributed by atoms with Crippen molar-refractivity contribution in [1.82, 2.24) is 0 Å². The summed E-state index contributed by atoms with van der Waals surface area (Å²) >= 11 is 0. The molecule has 6 heteroatoms. The summed E-state index contributed by atoms with van der Waals surface area (Å²) in [7, 11) is 0.300. The normalized spacial score (nSPS) is 16.1. The number of hydrogen-bond donors (Lipinski definition) is 0. The Morgan fingerprint density at radius 2 is 1.17 bits per heavy atom. The Hall–Kier alpha value is 1.34. The zero-order valence-electron chi connectivity index (χ0n) is 16.8. The van der Waals surface area contributed by atoms with Gasteiger partial charge in [0.15, 0.2) is 0 Å². The summed E-state index contributed by atoms with van der Waals surface area (Å²) in [5.74, 6) is 0.560. The van der Waals surface area contributed by atoms with Crippen molar-refractivity contribution in [2.45, 2.75) is 80.2 Å². The van der Waals surface area contributed by atoms with Crippen LogP contribution in [0, 0.1) is 12.0 Å². The number of nitrogens with one attached hydrogen (secondary N) is 1. The molecule has 1 N–H and O–H groups in total. The number of allylic oxidation sites excluding steroid dienone is 4. The predicted octanol–water partition coefficient (Wildman–Crippen LogP) is 0.138. The van der Waals surface area contributed by atoms with Gasteiger partial charge in [-0.25, -0.2) is 5.57 Å². The third-order valence-electron chi connectivity index (χ3n) is 3.24. The van der Waals surface area contributed by atoms with Crippen molar-refractivity contribution in [1.29, 1.82) is 0 Å². The monoisotopic (exact) mass is 469 g/mol. The molecule has 0 aromatic carbocycles. The van der Waals surface area contributed by atoms with E-state index in [2.05, 4.69) is 60.0 Å². The molecule has 1 rings (SSSR count). The Kier molecular flexibility index (Phi) is 25.9. The van der Waals surface area contributed by atoms with Gasteiger partial charge in [-0.2, -0.15) is 11.1 Å². The largest absolute Gasteiger partial charge is 4.00 e. The average Bonchev–Trinajstić information content (AvgIpc) is 2.44. The smallest absolute Gasteiger partial charge is 1.00 e. The molecule has 0 amide bonds. The average molecular weight is 472 g/mol. The Morgan fingerprint density at radius 1 is 0.913 bits per heavy atom. The van der Waals surface area contributed by atoms with Gasteiger partial charge in [0.1, 0.15) is 0 Å². The molecule has 1 nitrogen and oxygen atoms in total. The van der Waals surface area contributed by atoms with Crippen LogP contribution in [-0.4, -0.2) is 22.2 Å². The predicted molar refractivity (Wildman–Crippen MR) is 99.0 cm³/mol. The fourth-order valence-corrected chi connectivity index (χ4v) is 1.16. The molecule has 23 heavy (non-hydrogen) atoms. The second-order valence-electron chi connectivity index (χ2n) is 7.05. The molecule has 2 radical (unpaired) electrons. The second-order valence-corrected chi connectivity index (χ2v) is 17.0. The van der Waals surface area contributed by atoms with E-state index in [4.69, 9.17) is 5.73 Å². The topological polar surface area (TPSA) is 23.8 Å². The van der Waals surface area contributed by atoms with Crippen molar-refractivity contribution in [3.8, 4) is 0 Å². The van der Waals surface area contributed by atoms with Crippen molar-refractivity contribution in [2.24, 2.45) is 5.92 Å². The molecule has 0 spiro atoms. The maximum absolute atomic E-state index is 6.94. The van der Waals surface area contributed by atoms with E-state index in [-0.39, 0.29) is 73.2 Å².